The molecule has 0 unspecified atom stereocenters. The maximum atomic E-state index is 12.6. The van der Waals surface area contributed by atoms with Crippen molar-refractivity contribution in [1.82, 2.24) is 5.32 Å². The second-order valence-corrected chi connectivity index (χ2v) is 5.72. The summed E-state index contributed by atoms with van der Waals surface area (Å²) in [4.78, 5) is 48.4. The summed E-state index contributed by atoms with van der Waals surface area (Å²) in [6, 6.07) is 6.74. The number of ether oxygens (including phenoxy) is 3. The number of carboxylic acid groups (broad SMARTS) is 1. The summed E-state index contributed by atoms with van der Waals surface area (Å²) in [5.74, 6) is -5.39. The van der Waals surface area contributed by atoms with E-state index in [0.717, 1.165) is 0 Å². The fourth-order valence-electron chi connectivity index (χ4n) is 2.57. The van der Waals surface area contributed by atoms with Gasteiger partial charge in [-0.2, -0.15) is 0 Å². The van der Waals surface area contributed by atoms with Crippen LogP contribution in [0.25, 0.3) is 0 Å². The summed E-state index contributed by atoms with van der Waals surface area (Å²) < 4.78 is 14.8. The zero-order valence-corrected chi connectivity index (χ0v) is 16.0. The number of carboxylic acids is 1. The Morgan fingerprint density at radius 3 is 2.14 bits per heavy atom. The molecular formula is C19H25NO8. The van der Waals surface area contributed by atoms with Crippen LogP contribution >= 0.6 is 0 Å². The molecule has 154 valence electrons. The smallest absolute Gasteiger partial charge is 0.327 e. The number of aliphatic carboxylic acids is 1. The van der Waals surface area contributed by atoms with Crippen LogP contribution in [0.2, 0.25) is 0 Å². The summed E-state index contributed by atoms with van der Waals surface area (Å²) in [6.45, 7) is 3.18. The first-order valence-corrected chi connectivity index (χ1v) is 8.78. The number of rotatable bonds is 11. The van der Waals surface area contributed by atoms with Gasteiger partial charge < -0.3 is 24.6 Å². The average molecular weight is 395 g/mol. The maximum Gasteiger partial charge on any atom is 0.327 e. The van der Waals surface area contributed by atoms with E-state index in [1.54, 1.807) is 44.2 Å². The number of nitrogens with one attached hydrogen (secondary N) is 1. The molecule has 3 atom stereocenters. The molecule has 0 aliphatic rings. The van der Waals surface area contributed by atoms with Crippen LogP contribution in [-0.4, -0.2) is 55.3 Å². The van der Waals surface area contributed by atoms with Crippen molar-refractivity contribution in [2.45, 2.75) is 32.4 Å². The quantitative estimate of drug-likeness (QED) is 0.533. The minimum absolute atomic E-state index is 0.0108. The number of methoxy groups -OCH3 is 1. The number of hydrogen-bond donors (Lipinski definition) is 2. The molecule has 0 spiro atoms. The zero-order valence-electron chi connectivity index (χ0n) is 16.0. The summed E-state index contributed by atoms with van der Waals surface area (Å²) in [7, 11) is 1.30. The van der Waals surface area contributed by atoms with Crippen LogP contribution in [0.3, 0.4) is 0 Å². The number of benzene rings is 1. The molecule has 0 aliphatic carbocycles. The lowest BCUT2D eigenvalue weighted by Gasteiger charge is -2.25. The van der Waals surface area contributed by atoms with Crippen LogP contribution < -0.4 is 5.32 Å². The molecule has 0 heterocycles. The monoisotopic (exact) mass is 395 g/mol. The summed E-state index contributed by atoms with van der Waals surface area (Å²) in [5, 5.41) is 11.8. The van der Waals surface area contributed by atoms with Crippen molar-refractivity contribution in [1.29, 1.82) is 0 Å². The van der Waals surface area contributed by atoms with Crippen molar-refractivity contribution in [2.24, 2.45) is 5.92 Å². The predicted octanol–water partition coefficient (Wildman–Crippen LogP) is 1.08. The molecule has 28 heavy (non-hydrogen) atoms. The van der Waals surface area contributed by atoms with Crippen LogP contribution in [0.5, 0.6) is 0 Å². The van der Waals surface area contributed by atoms with Gasteiger partial charge in [0.1, 0.15) is 6.04 Å². The molecule has 0 aromatic heterocycles. The number of hydrogen-bond acceptors (Lipinski definition) is 7. The lowest BCUT2D eigenvalue weighted by Crippen LogP contribution is -2.51. The standard InChI is InChI=1S/C19H25NO8/c1-4-27-14(21)11-13(19(25)28-5-2)15(18(23)24)20-17(22)16(26-3)12-9-7-6-8-10-12/h6-10,13,15-16H,4-5,11H2,1-3H3,(H,20,22)(H,23,24)/t13-,15+,16-/m0/s1. The molecule has 0 bridgehead atoms. The van der Waals surface area contributed by atoms with E-state index in [0.29, 0.717) is 5.56 Å². The third-order valence-corrected chi connectivity index (χ3v) is 3.82. The van der Waals surface area contributed by atoms with Gasteiger partial charge in [-0.1, -0.05) is 30.3 Å². The van der Waals surface area contributed by atoms with Gasteiger partial charge in [0.25, 0.3) is 5.91 Å². The molecule has 0 fully saturated rings. The van der Waals surface area contributed by atoms with Gasteiger partial charge in [-0.25, -0.2) is 4.79 Å². The molecule has 0 aliphatic heterocycles. The predicted molar refractivity (Wildman–Crippen MR) is 97.1 cm³/mol. The van der Waals surface area contributed by atoms with Crippen molar-refractivity contribution >= 4 is 23.8 Å². The summed E-state index contributed by atoms with van der Waals surface area (Å²) in [5.41, 5.74) is 0.504. The fourth-order valence-corrected chi connectivity index (χ4v) is 2.57. The molecule has 1 aromatic carbocycles. The van der Waals surface area contributed by atoms with E-state index < -0.39 is 48.3 Å². The summed E-state index contributed by atoms with van der Waals surface area (Å²) in [6.07, 6.45) is -1.64. The van der Waals surface area contributed by atoms with Crippen LogP contribution in [0, 0.1) is 5.92 Å². The molecule has 1 amide bonds. The van der Waals surface area contributed by atoms with E-state index in [9.17, 15) is 24.3 Å². The normalized spacial score (nSPS) is 13.7. The average Bonchev–Trinajstić information content (AvgIpc) is 2.66. The van der Waals surface area contributed by atoms with Gasteiger partial charge in [0, 0.05) is 7.11 Å². The second-order valence-electron chi connectivity index (χ2n) is 5.72. The van der Waals surface area contributed by atoms with Crippen molar-refractivity contribution in [3.8, 4) is 0 Å². The molecule has 0 saturated heterocycles. The van der Waals surface area contributed by atoms with E-state index in [1.165, 1.54) is 7.11 Å². The molecule has 9 nitrogen and oxygen atoms in total. The Hall–Kier alpha value is -2.94. The molecule has 0 radical (unpaired) electrons. The molecule has 2 N–H and O–H groups in total. The van der Waals surface area contributed by atoms with Gasteiger partial charge in [0.2, 0.25) is 0 Å². The van der Waals surface area contributed by atoms with Gasteiger partial charge in [-0.05, 0) is 19.4 Å². The van der Waals surface area contributed by atoms with E-state index >= 15 is 0 Å². The lowest BCUT2D eigenvalue weighted by atomic mass is 9.95. The van der Waals surface area contributed by atoms with Gasteiger partial charge in [-0.15, -0.1) is 0 Å². The highest BCUT2D eigenvalue weighted by molar-refractivity contribution is 5.92. The Bertz CT molecular complexity index is 676. The van der Waals surface area contributed by atoms with Gasteiger partial charge in [-0.3, -0.25) is 14.4 Å². The molecule has 1 rings (SSSR count). The van der Waals surface area contributed by atoms with Gasteiger partial charge in [0.05, 0.1) is 25.6 Å². The number of esters is 2. The van der Waals surface area contributed by atoms with Crippen LogP contribution in [0.1, 0.15) is 31.9 Å². The van der Waals surface area contributed by atoms with Crippen LogP contribution in [0.4, 0.5) is 0 Å². The molecule has 0 saturated carbocycles. The third kappa shape index (κ3) is 6.66. The third-order valence-electron chi connectivity index (χ3n) is 3.82. The Labute approximate surface area is 163 Å². The Balaban J connectivity index is 3.08. The lowest BCUT2D eigenvalue weighted by molar-refractivity contribution is -0.160. The first-order chi connectivity index (χ1) is 13.3. The fraction of sp³-hybridized carbons (Fsp3) is 0.474. The summed E-state index contributed by atoms with van der Waals surface area (Å²) >= 11 is 0. The van der Waals surface area contributed by atoms with E-state index in [-0.39, 0.29) is 13.2 Å². The largest absolute Gasteiger partial charge is 0.480 e. The first-order valence-electron chi connectivity index (χ1n) is 8.78. The van der Waals surface area contributed by atoms with Crippen molar-refractivity contribution in [2.75, 3.05) is 20.3 Å². The Morgan fingerprint density at radius 1 is 1.04 bits per heavy atom. The number of carbonyl (C=O) groups is 4. The van der Waals surface area contributed by atoms with Crippen molar-refractivity contribution < 1.29 is 38.5 Å². The maximum absolute atomic E-state index is 12.6. The number of amides is 1. The number of carbonyl (C=O) groups excluding carboxylic acids is 3. The Kier molecular flexibility index (Phi) is 9.66. The highest BCUT2D eigenvalue weighted by Crippen LogP contribution is 2.19. The molecule has 1 aromatic rings. The van der Waals surface area contributed by atoms with Crippen molar-refractivity contribution in [3.63, 3.8) is 0 Å². The second kappa shape index (κ2) is 11.7. The first kappa shape index (κ1) is 23.1. The van der Waals surface area contributed by atoms with Crippen LogP contribution in [0.15, 0.2) is 30.3 Å². The SMILES string of the molecule is CCOC(=O)C[C@H](C(=O)OCC)[C@@H](NC(=O)[C@@H](OC)c1ccccc1)C(=O)O. The van der Waals surface area contributed by atoms with E-state index in [2.05, 4.69) is 5.32 Å². The molecular weight excluding hydrogens is 370 g/mol. The van der Waals surface area contributed by atoms with Crippen molar-refractivity contribution in [3.05, 3.63) is 35.9 Å². The topological polar surface area (TPSA) is 128 Å². The van der Waals surface area contributed by atoms with Gasteiger partial charge in [0.15, 0.2) is 6.10 Å². The minimum atomic E-state index is -1.70. The van der Waals surface area contributed by atoms with E-state index in [1.807, 2.05) is 0 Å². The van der Waals surface area contributed by atoms with Gasteiger partial charge >= 0.3 is 17.9 Å². The van der Waals surface area contributed by atoms with Crippen LogP contribution in [-0.2, 0) is 33.4 Å². The highest BCUT2D eigenvalue weighted by Gasteiger charge is 2.39. The Morgan fingerprint density at radius 2 is 1.64 bits per heavy atom. The zero-order chi connectivity index (χ0) is 21.1. The van der Waals surface area contributed by atoms with E-state index in [4.69, 9.17) is 14.2 Å². The minimum Gasteiger partial charge on any atom is -0.480 e. The highest BCUT2D eigenvalue weighted by atomic mass is 16.5. The molecule has 9 heteroatoms.